The molecule has 2 saturated carbocycles. The number of β-amino-alcohol motifs (C(OH)–C–C–N with tert-alkyl or cyclic N) is 2. The molecule has 8 heteroatoms. The molecular weight excluding hydrogens is 388 g/mol. The third-order valence-corrected chi connectivity index (χ3v) is 8.01. The van der Waals surface area contributed by atoms with Crippen LogP contribution in [0.25, 0.3) is 0 Å². The predicted molar refractivity (Wildman–Crippen MR) is 106 cm³/mol. The van der Waals surface area contributed by atoms with Gasteiger partial charge in [-0.3, -0.25) is 9.59 Å². The molecule has 2 N–H and O–H groups in total. The molecule has 2 amide bonds. The summed E-state index contributed by atoms with van der Waals surface area (Å²) in [6.45, 7) is 11.2. The Bertz CT molecular complexity index is 764. The highest BCUT2D eigenvalue weighted by molar-refractivity contribution is 5.83. The molecular formula is C22H34N2O6. The second-order valence-corrected chi connectivity index (χ2v) is 12.0. The van der Waals surface area contributed by atoms with Crippen molar-refractivity contribution in [3.8, 4) is 0 Å². The standard InChI is InChI=1S/C22H34N2O6/c1-17(2,3)15(25)23-11-21(27)19(9-7-13(19)23)29-22(28)12-24(16(26)18(4,5)6)14-8-10-20(14,22)30-21/h13-14,27-28H,7-12H2,1-6H3/t13?,14?,19-,20-,21-,22-/m0/s1. The Kier molecular flexibility index (Phi) is 3.72. The quantitative estimate of drug-likeness (QED) is 0.604. The first-order valence-corrected chi connectivity index (χ1v) is 11.1. The highest BCUT2D eigenvalue weighted by atomic mass is 16.8. The van der Waals surface area contributed by atoms with Gasteiger partial charge in [0.25, 0.3) is 0 Å². The molecule has 168 valence electrons. The van der Waals surface area contributed by atoms with Gasteiger partial charge in [0.05, 0.1) is 25.2 Å². The topological polar surface area (TPSA) is 99.5 Å². The molecule has 3 aliphatic heterocycles. The van der Waals surface area contributed by atoms with Crippen LogP contribution in [-0.2, 0) is 19.1 Å². The van der Waals surface area contributed by atoms with Crippen molar-refractivity contribution in [2.45, 2.75) is 102 Å². The summed E-state index contributed by atoms with van der Waals surface area (Å²) in [7, 11) is 0. The number of aliphatic hydroxyl groups is 2. The zero-order chi connectivity index (χ0) is 22.1. The molecule has 0 bridgehead atoms. The third kappa shape index (κ3) is 2.16. The van der Waals surface area contributed by atoms with Crippen LogP contribution in [0.15, 0.2) is 0 Å². The monoisotopic (exact) mass is 422 g/mol. The number of likely N-dealkylation sites (tertiary alicyclic amines) is 2. The number of amides is 2. The van der Waals surface area contributed by atoms with Crippen LogP contribution in [0.5, 0.6) is 0 Å². The Hall–Kier alpha value is -1.22. The first-order chi connectivity index (χ1) is 13.6. The molecule has 2 spiro atoms. The van der Waals surface area contributed by atoms with Crippen LogP contribution in [0, 0.1) is 10.8 Å². The summed E-state index contributed by atoms with van der Waals surface area (Å²) in [5, 5.41) is 23.4. The number of carbonyl (C=O) groups excluding carboxylic acids is 2. The van der Waals surface area contributed by atoms with E-state index in [4.69, 9.17) is 9.47 Å². The molecule has 5 aliphatic rings. The number of ether oxygens (including phenoxy) is 2. The summed E-state index contributed by atoms with van der Waals surface area (Å²) >= 11 is 0. The summed E-state index contributed by atoms with van der Waals surface area (Å²) in [4.78, 5) is 29.5. The minimum absolute atomic E-state index is 0.0194. The van der Waals surface area contributed by atoms with Crippen molar-refractivity contribution < 1.29 is 29.3 Å². The van der Waals surface area contributed by atoms with E-state index in [1.165, 1.54) is 0 Å². The normalized spacial score (nSPS) is 46.9. The van der Waals surface area contributed by atoms with Gasteiger partial charge in [0.15, 0.2) is 0 Å². The Balaban J connectivity index is 1.51. The van der Waals surface area contributed by atoms with Gasteiger partial charge in [0.1, 0.15) is 11.2 Å². The molecule has 0 aromatic heterocycles. The average Bonchev–Trinajstić information content (AvgIpc) is 2.83. The van der Waals surface area contributed by atoms with E-state index in [-0.39, 0.29) is 37.0 Å². The summed E-state index contributed by atoms with van der Waals surface area (Å²) in [5.74, 6) is -3.51. The zero-order valence-electron chi connectivity index (χ0n) is 18.8. The number of nitrogens with zero attached hydrogens (tertiary/aromatic N) is 2. The lowest BCUT2D eigenvalue weighted by Crippen LogP contribution is -2.81. The molecule has 6 atom stereocenters. The average molecular weight is 423 g/mol. The lowest BCUT2D eigenvalue weighted by Gasteiger charge is -2.64. The first kappa shape index (κ1) is 20.7. The van der Waals surface area contributed by atoms with Gasteiger partial charge in [-0.05, 0) is 25.7 Å². The molecule has 5 rings (SSSR count). The molecule has 2 aliphatic carbocycles. The van der Waals surface area contributed by atoms with E-state index in [1.807, 2.05) is 41.5 Å². The van der Waals surface area contributed by atoms with Crippen molar-refractivity contribution in [2.75, 3.05) is 13.1 Å². The van der Waals surface area contributed by atoms with E-state index in [1.54, 1.807) is 9.80 Å². The molecule has 0 aromatic rings. The molecule has 2 unspecified atom stereocenters. The van der Waals surface area contributed by atoms with Crippen LogP contribution in [0.1, 0.15) is 67.2 Å². The van der Waals surface area contributed by atoms with Crippen molar-refractivity contribution in [1.29, 1.82) is 0 Å². The fourth-order valence-corrected chi connectivity index (χ4v) is 6.27. The van der Waals surface area contributed by atoms with Gasteiger partial charge < -0.3 is 29.5 Å². The maximum absolute atomic E-state index is 13.1. The van der Waals surface area contributed by atoms with Crippen LogP contribution in [0.2, 0.25) is 0 Å². The zero-order valence-corrected chi connectivity index (χ0v) is 18.8. The van der Waals surface area contributed by atoms with Gasteiger partial charge in [0.2, 0.25) is 23.4 Å². The van der Waals surface area contributed by atoms with Gasteiger partial charge in [-0.1, -0.05) is 41.5 Å². The van der Waals surface area contributed by atoms with E-state index in [0.29, 0.717) is 25.7 Å². The Morgan fingerprint density at radius 1 is 0.767 bits per heavy atom. The Morgan fingerprint density at radius 2 is 1.10 bits per heavy atom. The van der Waals surface area contributed by atoms with Crippen molar-refractivity contribution in [3.05, 3.63) is 0 Å². The minimum atomic E-state index is -1.69. The first-order valence-electron chi connectivity index (χ1n) is 11.1. The lowest BCUT2D eigenvalue weighted by atomic mass is 9.65. The van der Waals surface area contributed by atoms with Gasteiger partial charge >= 0.3 is 0 Å². The largest absolute Gasteiger partial charge is 0.362 e. The highest BCUT2D eigenvalue weighted by Crippen LogP contribution is 2.66. The highest BCUT2D eigenvalue weighted by Gasteiger charge is 2.84. The van der Waals surface area contributed by atoms with Crippen LogP contribution < -0.4 is 0 Å². The lowest BCUT2D eigenvalue weighted by molar-refractivity contribution is -0.489. The van der Waals surface area contributed by atoms with Crippen LogP contribution >= 0.6 is 0 Å². The van der Waals surface area contributed by atoms with Crippen LogP contribution in [0.4, 0.5) is 0 Å². The molecule has 3 heterocycles. The molecule has 30 heavy (non-hydrogen) atoms. The summed E-state index contributed by atoms with van der Waals surface area (Å²) in [6, 6.07) is -0.692. The molecule has 3 saturated heterocycles. The number of rotatable bonds is 0. The summed E-state index contributed by atoms with van der Waals surface area (Å²) < 4.78 is 12.8. The fraction of sp³-hybridized carbons (Fsp3) is 0.909. The van der Waals surface area contributed by atoms with Gasteiger partial charge in [0, 0.05) is 10.8 Å². The SMILES string of the molecule is CC(C)(C)C(=O)N1C[C@]2(O)O[C@@]34CCC3N(C(=O)C(C)(C)C)C[C@]4(O)O[C@]23CCC13. The second kappa shape index (κ2) is 5.39. The third-order valence-electron chi connectivity index (χ3n) is 8.01. The molecule has 8 nitrogen and oxygen atoms in total. The van der Waals surface area contributed by atoms with Crippen LogP contribution in [0.3, 0.4) is 0 Å². The number of carbonyl (C=O) groups is 2. The summed E-state index contributed by atoms with van der Waals surface area (Å²) in [5.41, 5.74) is -3.51. The van der Waals surface area contributed by atoms with Crippen LogP contribution in [-0.4, -0.2) is 79.8 Å². The van der Waals surface area contributed by atoms with E-state index in [9.17, 15) is 19.8 Å². The van der Waals surface area contributed by atoms with Crippen molar-refractivity contribution in [2.24, 2.45) is 10.8 Å². The van der Waals surface area contributed by atoms with Gasteiger partial charge in [-0.15, -0.1) is 0 Å². The van der Waals surface area contributed by atoms with Crippen molar-refractivity contribution >= 4 is 11.8 Å². The van der Waals surface area contributed by atoms with Gasteiger partial charge in [-0.2, -0.15) is 0 Å². The molecule has 5 fully saturated rings. The molecule has 0 radical (unpaired) electrons. The smallest absolute Gasteiger partial charge is 0.228 e. The molecule has 0 aromatic carbocycles. The maximum Gasteiger partial charge on any atom is 0.228 e. The Labute approximate surface area is 177 Å². The van der Waals surface area contributed by atoms with E-state index in [0.717, 1.165) is 0 Å². The predicted octanol–water partition coefficient (Wildman–Crippen LogP) is 0.989. The minimum Gasteiger partial charge on any atom is -0.362 e. The maximum atomic E-state index is 13.1. The summed E-state index contributed by atoms with van der Waals surface area (Å²) in [6.07, 6.45) is 2.37. The van der Waals surface area contributed by atoms with E-state index in [2.05, 4.69) is 0 Å². The van der Waals surface area contributed by atoms with E-state index >= 15 is 0 Å². The number of hydrogen-bond donors (Lipinski definition) is 2. The van der Waals surface area contributed by atoms with Crippen molar-refractivity contribution in [3.63, 3.8) is 0 Å². The van der Waals surface area contributed by atoms with Gasteiger partial charge in [-0.25, -0.2) is 0 Å². The fourth-order valence-electron chi connectivity index (χ4n) is 6.27. The second-order valence-electron chi connectivity index (χ2n) is 12.0. The number of hydrogen-bond acceptors (Lipinski definition) is 6. The Morgan fingerprint density at radius 3 is 1.33 bits per heavy atom. The van der Waals surface area contributed by atoms with E-state index < -0.39 is 33.6 Å². The van der Waals surface area contributed by atoms with Crippen molar-refractivity contribution in [1.82, 2.24) is 9.80 Å².